The Morgan fingerprint density at radius 3 is 1.67 bits per heavy atom. The molecule has 0 saturated heterocycles. The second-order valence-corrected chi connectivity index (χ2v) is 6.96. The second kappa shape index (κ2) is 12.4. The van der Waals surface area contributed by atoms with Crippen LogP contribution in [0.1, 0.15) is 40.0 Å². The molecule has 5 unspecified atom stereocenters. The molecular weight excluding hydrogens is 400 g/mol. The van der Waals surface area contributed by atoms with Crippen LogP contribution in [0.2, 0.25) is 0 Å². The number of rotatable bonds is 13. The average molecular weight is 430 g/mol. The summed E-state index contributed by atoms with van der Waals surface area (Å²) in [6.07, 6.45) is -0.850. The van der Waals surface area contributed by atoms with Gasteiger partial charge in [0.05, 0.1) is 18.9 Å². The lowest BCUT2D eigenvalue weighted by molar-refractivity contribution is -0.144. The Morgan fingerprint density at radius 1 is 0.800 bits per heavy atom. The summed E-state index contributed by atoms with van der Waals surface area (Å²) in [5.74, 6) is -6.26. The Kier molecular flexibility index (Phi) is 11.0. The molecule has 0 aliphatic heterocycles. The highest BCUT2D eigenvalue weighted by Crippen LogP contribution is 2.09. The number of carbonyl (C=O) groups is 6. The highest BCUT2D eigenvalue weighted by Gasteiger charge is 2.33. The first-order valence-electron chi connectivity index (χ1n) is 9.26. The van der Waals surface area contributed by atoms with Gasteiger partial charge in [-0.3, -0.25) is 24.0 Å². The highest BCUT2D eigenvalue weighted by atomic mass is 16.4. The molecule has 5 atom stereocenters. The zero-order chi connectivity index (χ0) is 23.6. The lowest BCUT2D eigenvalue weighted by Gasteiger charge is -2.27. The maximum Gasteiger partial charge on any atom is 0.326 e. The van der Waals surface area contributed by atoms with E-state index < -0.39 is 72.5 Å². The van der Waals surface area contributed by atoms with Gasteiger partial charge in [-0.05, 0) is 12.8 Å². The molecule has 0 aromatic heterocycles. The molecular formula is C17H30N6O7. The number of nitrogens with one attached hydrogen (secondary N) is 3. The monoisotopic (exact) mass is 430 g/mol. The van der Waals surface area contributed by atoms with Crippen LogP contribution in [0.15, 0.2) is 0 Å². The van der Waals surface area contributed by atoms with Crippen LogP contribution < -0.4 is 33.2 Å². The van der Waals surface area contributed by atoms with Gasteiger partial charge >= 0.3 is 5.97 Å². The van der Waals surface area contributed by atoms with E-state index in [0.717, 1.165) is 0 Å². The van der Waals surface area contributed by atoms with Crippen LogP contribution in [0, 0.1) is 5.92 Å². The second-order valence-electron chi connectivity index (χ2n) is 6.96. The first kappa shape index (κ1) is 26.8. The van der Waals surface area contributed by atoms with Crippen molar-refractivity contribution in [2.45, 2.75) is 64.2 Å². The van der Waals surface area contributed by atoms with E-state index in [1.807, 2.05) is 5.32 Å². The Morgan fingerprint density at radius 2 is 1.27 bits per heavy atom. The van der Waals surface area contributed by atoms with Crippen LogP contribution in [-0.2, 0) is 28.8 Å². The first-order valence-corrected chi connectivity index (χ1v) is 9.26. The van der Waals surface area contributed by atoms with Gasteiger partial charge in [-0.1, -0.05) is 20.3 Å². The standard InChI is InChI=1S/C17H30N6O7/c1-4-7(2)13(23-14(26)8(3)18)16(28)21-9(5-11(19)24)15(27)22-10(17(29)30)6-12(20)25/h7-10,13H,4-6,18H2,1-3H3,(H2,19,24)(H2,20,25)(H,21,28)(H,22,27)(H,23,26)(H,29,30). The van der Waals surface area contributed by atoms with Crippen molar-refractivity contribution in [3.8, 4) is 0 Å². The summed E-state index contributed by atoms with van der Waals surface area (Å²) in [5, 5.41) is 15.9. The van der Waals surface area contributed by atoms with E-state index in [2.05, 4.69) is 10.6 Å². The average Bonchev–Trinajstić information content (AvgIpc) is 2.62. The van der Waals surface area contributed by atoms with Crippen LogP contribution in [0.5, 0.6) is 0 Å². The smallest absolute Gasteiger partial charge is 0.326 e. The van der Waals surface area contributed by atoms with Crippen LogP contribution in [0.25, 0.3) is 0 Å². The minimum absolute atomic E-state index is 0.355. The van der Waals surface area contributed by atoms with Crippen molar-refractivity contribution in [3.63, 3.8) is 0 Å². The van der Waals surface area contributed by atoms with Gasteiger partial charge in [-0.2, -0.15) is 0 Å². The van der Waals surface area contributed by atoms with E-state index in [1.165, 1.54) is 6.92 Å². The zero-order valence-corrected chi connectivity index (χ0v) is 17.1. The summed E-state index contributed by atoms with van der Waals surface area (Å²) in [4.78, 5) is 70.6. The summed E-state index contributed by atoms with van der Waals surface area (Å²) < 4.78 is 0. The molecule has 30 heavy (non-hydrogen) atoms. The van der Waals surface area contributed by atoms with E-state index in [9.17, 15) is 28.8 Å². The fraction of sp³-hybridized carbons (Fsp3) is 0.647. The van der Waals surface area contributed by atoms with Crippen molar-refractivity contribution in [3.05, 3.63) is 0 Å². The number of hydrogen-bond acceptors (Lipinski definition) is 7. The molecule has 0 saturated carbocycles. The molecule has 0 radical (unpaired) electrons. The summed E-state index contributed by atoms with van der Waals surface area (Å²) in [5.41, 5.74) is 15.6. The molecule has 170 valence electrons. The van der Waals surface area contributed by atoms with E-state index in [4.69, 9.17) is 22.3 Å². The van der Waals surface area contributed by atoms with E-state index in [-0.39, 0.29) is 5.92 Å². The minimum atomic E-state index is -1.66. The predicted octanol–water partition coefficient (Wildman–Crippen LogP) is -3.33. The molecule has 10 N–H and O–H groups in total. The highest BCUT2D eigenvalue weighted by molar-refractivity contribution is 5.96. The molecule has 0 aliphatic rings. The Labute approximate surface area is 173 Å². The molecule has 0 fully saturated rings. The Hall–Kier alpha value is -3.22. The number of aliphatic carboxylic acids is 1. The van der Waals surface area contributed by atoms with Crippen LogP contribution in [0.4, 0.5) is 0 Å². The number of hydrogen-bond donors (Lipinski definition) is 7. The molecule has 0 rings (SSSR count). The molecule has 0 aromatic carbocycles. The third-order valence-electron chi connectivity index (χ3n) is 4.26. The third kappa shape index (κ3) is 9.32. The van der Waals surface area contributed by atoms with Gasteiger partial charge in [0, 0.05) is 0 Å². The maximum atomic E-state index is 12.7. The minimum Gasteiger partial charge on any atom is -0.480 e. The van der Waals surface area contributed by atoms with E-state index in [1.54, 1.807) is 13.8 Å². The Balaban J connectivity index is 5.53. The summed E-state index contributed by atoms with van der Waals surface area (Å²) in [7, 11) is 0. The fourth-order valence-corrected chi connectivity index (χ4v) is 2.33. The van der Waals surface area contributed by atoms with Crippen molar-refractivity contribution in [2.24, 2.45) is 23.1 Å². The van der Waals surface area contributed by atoms with Crippen molar-refractivity contribution in [1.29, 1.82) is 0 Å². The molecule has 0 aromatic rings. The molecule has 5 amide bonds. The predicted molar refractivity (Wildman–Crippen MR) is 104 cm³/mol. The van der Waals surface area contributed by atoms with Crippen LogP contribution in [0.3, 0.4) is 0 Å². The number of carbonyl (C=O) groups excluding carboxylic acids is 5. The normalized spacial score (nSPS) is 15.6. The van der Waals surface area contributed by atoms with Gasteiger partial charge in [0.2, 0.25) is 29.5 Å². The first-order chi connectivity index (χ1) is 13.8. The summed E-state index contributed by atoms with van der Waals surface area (Å²) in [6, 6.07) is -5.16. The Bertz CT molecular complexity index is 682. The number of carboxylic acids is 1. The molecule has 0 bridgehead atoms. The van der Waals surface area contributed by atoms with Gasteiger partial charge in [-0.25, -0.2) is 4.79 Å². The molecule has 13 heteroatoms. The number of carboxylic acid groups (broad SMARTS) is 1. The SMILES string of the molecule is CCC(C)C(NC(=O)C(C)N)C(=O)NC(CC(N)=O)C(=O)NC(CC(N)=O)C(=O)O. The number of nitrogens with two attached hydrogens (primary N) is 3. The van der Waals surface area contributed by atoms with E-state index >= 15 is 0 Å². The quantitative estimate of drug-likeness (QED) is 0.155. The van der Waals surface area contributed by atoms with Crippen LogP contribution in [-0.4, -0.2) is 64.8 Å². The van der Waals surface area contributed by atoms with E-state index in [0.29, 0.717) is 6.42 Å². The van der Waals surface area contributed by atoms with Gasteiger partial charge in [0.1, 0.15) is 18.1 Å². The largest absolute Gasteiger partial charge is 0.480 e. The summed E-state index contributed by atoms with van der Waals surface area (Å²) in [6.45, 7) is 4.88. The lowest BCUT2D eigenvalue weighted by Crippen LogP contribution is -2.59. The van der Waals surface area contributed by atoms with Gasteiger partial charge in [0.15, 0.2) is 0 Å². The molecule has 0 spiro atoms. The van der Waals surface area contributed by atoms with Crippen molar-refractivity contribution >= 4 is 35.5 Å². The number of primary amides is 2. The summed E-state index contributed by atoms with van der Waals surface area (Å²) >= 11 is 0. The van der Waals surface area contributed by atoms with Crippen molar-refractivity contribution in [2.75, 3.05) is 0 Å². The molecule has 0 heterocycles. The van der Waals surface area contributed by atoms with Crippen molar-refractivity contribution in [1.82, 2.24) is 16.0 Å². The molecule has 13 nitrogen and oxygen atoms in total. The van der Waals surface area contributed by atoms with Gasteiger partial charge in [-0.15, -0.1) is 0 Å². The lowest BCUT2D eigenvalue weighted by atomic mass is 9.97. The van der Waals surface area contributed by atoms with Gasteiger partial charge < -0.3 is 38.3 Å². The van der Waals surface area contributed by atoms with Gasteiger partial charge in [0.25, 0.3) is 0 Å². The third-order valence-corrected chi connectivity index (χ3v) is 4.26. The molecule has 0 aliphatic carbocycles. The fourth-order valence-electron chi connectivity index (χ4n) is 2.33. The van der Waals surface area contributed by atoms with Crippen molar-refractivity contribution < 1.29 is 33.9 Å². The topological polar surface area (TPSA) is 237 Å². The number of amides is 5. The zero-order valence-electron chi connectivity index (χ0n) is 17.1. The maximum absolute atomic E-state index is 12.7. The van der Waals surface area contributed by atoms with Crippen LogP contribution >= 0.6 is 0 Å².